The number of nitrogens with zero attached hydrogens (tertiary/aromatic N) is 2. The van der Waals surface area contributed by atoms with Crippen LogP contribution in [-0.2, 0) is 14.4 Å². The number of hydrogen-bond acceptors (Lipinski definition) is 3. The van der Waals surface area contributed by atoms with E-state index in [2.05, 4.69) is 6.92 Å². The summed E-state index contributed by atoms with van der Waals surface area (Å²) in [5.41, 5.74) is 2.75. The van der Waals surface area contributed by atoms with E-state index in [9.17, 15) is 14.4 Å². The molecule has 134 valence electrons. The normalized spacial score (nSPS) is 25.9. The number of hydrogen-bond donors (Lipinski definition) is 0. The average Bonchev–Trinajstić information content (AvgIpc) is 2.78. The van der Waals surface area contributed by atoms with Crippen molar-refractivity contribution in [2.45, 2.75) is 47.0 Å². The Balaban J connectivity index is 1.88. The Hall–Kier alpha value is -2.17. The predicted octanol–water partition coefficient (Wildman–Crippen LogP) is 3.04. The molecule has 25 heavy (non-hydrogen) atoms. The van der Waals surface area contributed by atoms with Crippen molar-refractivity contribution >= 4 is 23.4 Å². The molecule has 3 rings (SSSR count). The molecule has 3 amide bonds. The van der Waals surface area contributed by atoms with E-state index in [1.54, 1.807) is 4.90 Å². The lowest BCUT2D eigenvalue weighted by atomic mass is 9.76. The summed E-state index contributed by atoms with van der Waals surface area (Å²) >= 11 is 0. The number of imide groups is 1. The maximum Gasteiger partial charge on any atom is 0.234 e. The van der Waals surface area contributed by atoms with Gasteiger partial charge < -0.3 is 0 Å². The summed E-state index contributed by atoms with van der Waals surface area (Å²) in [5.74, 6) is -0.324. The van der Waals surface area contributed by atoms with Gasteiger partial charge in [0.1, 0.15) is 6.67 Å². The molecule has 1 aromatic carbocycles. The molecule has 1 aromatic rings. The highest BCUT2D eigenvalue weighted by molar-refractivity contribution is 6.06. The Morgan fingerprint density at radius 3 is 2.52 bits per heavy atom. The Morgan fingerprint density at radius 1 is 1.16 bits per heavy atom. The van der Waals surface area contributed by atoms with E-state index in [0.29, 0.717) is 5.92 Å². The molecule has 1 heterocycles. The Bertz CT molecular complexity index is 728. The maximum atomic E-state index is 12.8. The van der Waals surface area contributed by atoms with E-state index in [1.165, 1.54) is 11.8 Å². The number of aryl methyl sites for hydroxylation is 2. The molecule has 1 aliphatic carbocycles. The molecule has 2 fully saturated rings. The third-order valence-corrected chi connectivity index (χ3v) is 5.60. The fraction of sp³-hybridized carbons (Fsp3) is 0.550. The van der Waals surface area contributed by atoms with Crippen molar-refractivity contribution in [1.82, 2.24) is 4.90 Å². The van der Waals surface area contributed by atoms with Gasteiger partial charge in [0, 0.05) is 12.6 Å². The van der Waals surface area contributed by atoms with Gasteiger partial charge in [-0.2, -0.15) is 0 Å². The van der Waals surface area contributed by atoms with Crippen LogP contribution in [0, 0.1) is 31.6 Å². The first-order chi connectivity index (χ1) is 11.8. The predicted molar refractivity (Wildman–Crippen MR) is 95.8 cm³/mol. The van der Waals surface area contributed by atoms with Gasteiger partial charge in [0.25, 0.3) is 0 Å². The zero-order valence-electron chi connectivity index (χ0n) is 15.4. The molecule has 5 heteroatoms. The third-order valence-electron chi connectivity index (χ3n) is 5.60. The average molecular weight is 342 g/mol. The highest BCUT2D eigenvalue weighted by Gasteiger charge is 2.49. The first-order valence-corrected chi connectivity index (χ1v) is 9.00. The summed E-state index contributed by atoms with van der Waals surface area (Å²) in [5, 5.41) is 0. The number of anilines is 1. The molecule has 0 bridgehead atoms. The Labute approximate surface area is 149 Å². The minimum absolute atomic E-state index is 0.0126. The van der Waals surface area contributed by atoms with Crippen LogP contribution in [0.25, 0.3) is 0 Å². The minimum atomic E-state index is -0.205. The van der Waals surface area contributed by atoms with E-state index < -0.39 is 0 Å². The minimum Gasteiger partial charge on any atom is -0.294 e. The van der Waals surface area contributed by atoms with Crippen LogP contribution in [0.5, 0.6) is 0 Å². The van der Waals surface area contributed by atoms with Gasteiger partial charge in [-0.15, -0.1) is 0 Å². The third kappa shape index (κ3) is 3.20. The highest BCUT2D eigenvalue weighted by Crippen LogP contribution is 2.40. The van der Waals surface area contributed by atoms with Crippen molar-refractivity contribution in [1.29, 1.82) is 0 Å². The Kier molecular flexibility index (Phi) is 4.67. The summed E-state index contributed by atoms with van der Waals surface area (Å²) < 4.78 is 0. The van der Waals surface area contributed by atoms with Gasteiger partial charge >= 0.3 is 0 Å². The lowest BCUT2D eigenvalue weighted by molar-refractivity contribution is -0.140. The standard InChI is InChI=1S/C20H26N2O3/c1-12-6-8-16-17(9-12)20(25)22(19(16)24)11-21(15(4)23)18-10-13(2)5-7-14(18)3/h5,7,10,12,16-17H,6,8-9,11H2,1-4H3/t12-,16-,17-/m1/s1. The number of fused-ring (bicyclic) bond motifs is 1. The molecule has 5 nitrogen and oxygen atoms in total. The molecule has 0 unspecified atom stereocenters. The smallest absolute Gasteiger partial charge is 0.234 e. The van der Waals surface area contributed by atoms with E-state index >= 15 is 0 Å². The summed E-state index contributed by atoms with van der Waals surface area (Å²) in [6.07, 6.45) is 2.53. The molecule has 0 N–H and O–H groups in total. The number of amides is 3. The Morgan fingerprint density at radius 2 is 1.84 bits per heavy atom. The zero-order chi connectivity index (χ0) is 18.3. The monoisotopic (exact) mass is 342 g/mol. The van der Waals surface area contributed by atoms with Crippen molar-refractivity contribution in [3.63, 3.8) is 0 Å². The van der Waals surface area contributed by atoms with Crippen LogP contribution in [0.15, 0.2) is 18.2 Å². The maximum absolute atomic E-state index is 12.8. The van der Waals surface area contributed by atoms with E-state index in [1.807, 2.05) is 32.0 Å². The van der Waals surface area contributed by atoms with Crippen LogP contribution < -0.4 is 4.90 Å². The molecule has 0 aromatic heterocycles. The second kappa shape index (κ2) is 6.62. The largest absolute Gasteiger partial charge is 0.294 e. The number of carbonyl (C=O) groups is 3. The van der Waals surface area contributed by atoms with Crippen molar-refractivity contribution in [3.8, 4) is 0 Å². The van der Waals surface area contributed by atoms with Crippen LogP contribution in [0.2, 0.25) is 0 Å². The van der Waals surface area contributed by atoms with Gasteiger partial charge in [0.15, 0.2) is 0 Å². The van der Waals surface area contributed by atoms with E-state index in [4.69, 9.17) is 0 Å². The molecule has 0 spiro atoms. The van der Waals surface area contributed by atoms with Crippen LogP contribution in [0.4, 0.5) is 5.69 Å². The van der Waals surface area contributed by atoms with Crippen molar-refractivity contribution < 1.29 is 14.4 Å². The number of benzene rings is 1. The van der Waals surface area contributed by atoms with Crippen molar-refractivity contribution in [2.75, 3.05) is 11.6 Å². The van der Waals surface area contributed by atoms with Gasteiger partial charge in [-0.1, -0.05) is 19.1 Å². The van der Waals surface area contributed by atoms with Crippen LogP contribution in [0.1, 0.15) is 44.2 Å². The van der Waals surface area contributed by atoms with Gasteiger partial charge in [-0.25, -0.2) is 0 Å². The summed E-state index contributed by atoms with van der Waals surface area (Å²) in [6.45, 7) is 7.51. The summed E-state index contributed by atoms with van der Waals surface area (Å²) in [4.78, 5) is 40.7. The van der Waals surface area contributed by atoms with Gasteiger partial charge in [-0.05, 0) is 56.2 Å². The fourth-order valence-corrected chi connectivity index (χ4v) is 4.09. The van der Waals surface area contributed by atoms with E-state index in [0.717, 1.165) is 36.1 Å². The topological polar surface area (TPSA) is 57.7 Å². The van der Waals surface area contributed by atoms with Crippen molar-refractivity contribution in [3.05, 3.63) is 29.3 Å². The summed E-state index contributed by atoms with van der Waals surface area (Å²) in [7, 11) is 0. The number of rotatable bonds is 3. The lowest BCUT2D eigenvalue weighted by Gasteiger charge is -2.28. The first kappa shape index (κ1) is 17.6. The summed E-state index contributed by atoms with van der Waals surface area (Å²) in [6, 6.07) is 5.87. The highest BCUT2D eigenvalue weighted by atomic mass is 16.2. The SMILES string of the molecule is CC(=O)N(CN1C(=O)[C@@H]2CC[C@@H](C)C[C@H]2C1=O)c1cc(C)ccc1C. The fourth-order valence-electron chi connectivity index (χ4n) is 4.09. The molecule has 1 aliphatic heterocycles. The second-order valence-electron chi connectivity index (χ2n) is 7.61. The number of carbonyl (C=O) groups excluding carboxylic acids is 3. The molecule has 1 saturated heterocycles. The second-order valence-corrected chi connectivity index (χ2v) is 7.61. The molecular weight excluding hydrogens is 316 g/mol. The van der Waals surface area contributed by atoms with E-state index in [-0.39, 0.29) is 36.2 Å². The van der Waals surface area contributed by atoms with Gasteiger partial charge in [0.2, 0.25) is 17.7 Å². The molecule has 1 saturated carbocycles. The van der Waals surface area contributed by atoms with Crippen LogP contribution in [-0.4, -0.2) is 29.3 Å². The van der Waals surface area contributed by atoms with Gasteiger partial charge in [-0.3, -0.25) is 24.2 Å². The lowest BCUT2D eigenvalue weighted by Crippen LogP contribution is -2.44. The number of likely N-dealkylation sites (tertiary alicyclic amines) is 1. The quantitative estimate of drug-likeness (QED) is 0.793. The van der Waals surface area contributed by atoms with Gasteiger partial charge in [0.05, 0.1) is 11.8 Å². The van der Waals surface area contributed by atoms with Crippen LogP contribution >= 0.6 is 0 Å². The first-order valence-electron chi connectivity index (χ1n) is 9.00. The van der Waals surface area contributed by atoms with Crippen LogP contribution in [0.3, 0.4) is 0 Å². The molecule has 0 radical (unpaired) electrons. The van der Waals surface area contributed by atoms with Crippen molar-refractivity contribution in [2.24, 2.45) is 17.8 Å². The molecule has 2 aliphatic rings. The zero-order valence-corrected chi connectivity index (χ0v) is 15.4. The molecule has 3 atom stereocenters. The molecular formula is C20H26N2O3.